The third kappa shape index (κ3) is 3.81. The molecule has 0 spiro atoms. The van der Waals surface area contributed by atoms with Crippen molar-refractivity contribution in [2.45, 2.75) is 32.9 Å². The number of carboxylic acid groups (broad SMARTS) is 1. The molecule has 1 atom stereocenters. The highest BCUT2D eigenvalue weighted by Gasteiger charge is 2.27. The van der Waals surface area contributed by atoms with Gasteiger partial charge < -0.3 is 5.11 Å². The van der Waals surface area contributed by atoms with E-state index in [-0.39, 0.29) is 6.04 Å². The van der Waals surface area contributed by atoms with Gasteiger partial charge in [0, 0.05) is 32.7 Å². The zero-order chi connectivity index (χ0) is 14.5. The number of hydrogen-bond acceptors (Lipinski definition) is 3. The molecule has 0 aliphatic carbocycles. The van der Waals surface area contributed by atoms with Crippen LogP contribution in [0.15, 0.2) is 24.3 Å². The van der Waals surface area contributed by atoms with Crippen LogP contribution in [-0.2, 0) is 11.3 Å². The predicted molar refractivity (Wildman–Crippen MR) is 79.7 cm³/mol. The van der Waals surface area contributed by atoms with Gasteiger partial charge in [0.2, 0.25) is 0 Å². The smallest absolute Gasteiger partial charge is 0.320 e. The minimum atomic E-state index is -0.695. The van der Waals surface area contributed by atoms with Crippen molar-refractivity contribution >= 4 is 5.97 Å². The lowest BCUT2D eigenvalue weighted by molar-refractivity contribution is -0.144. The first-order valence-electron chi connectivity index (χ1n) is 7.35. The molecule has 1 aliphatic rings. The van der Waals surface area contributed by atoms with Crippen LogP contribution in [0.25, 0.3) is 0 Å². The van der Waals surface area contributed by atoms with E-state index in [4.69, 9.17) is 0 Å². The molecule has 4 heteroatoms. The molecule has 0 amide bonds. The largest absolute Gasteiger partial charge is 0.480 e. The maximum atomic E-state index is 11.2. The lowest BCUT2D eigenvalue weighted by Crippen LogP contribution is -2.52. The molecule has 1 aliphatic heterocycles. The molecule has 0 aromatic heterocycles. The van der Waals surface area contributed by atoms with Crippen LogP contribution in [-0.4, -0.2) is 53.1 Å². The van der Waals surface area contributed by atoms with Crippen LogP contribution in [0.2, 0.25) is 0 Å². The summed E-state index contributed by atoms with van der Waals surface area (Å²) in [5.74, 6) is -0.695. The van der Waals surface area contributed by atoms with Gasteiger partial charge in [-0.3, -0.25) is 14.6 Å². The molecule has 0 radical (unpaired) electrons. The van der Waals surface area contributed by atoms with Gasteiger partial charge in [-0.25, -0.2) is 0 Å². The van der Waals surface area contributed by atoms with Crippen LogP contribution >= 0.6 is 0 Å². The monoisotopic (exact) mass is 276 g/mol. The molecule has 0 bridgehead atoms. The van der Waals surface area contributed by atoms with Gasteiger partial charge in [-0.1, -0.05) is 36.8 Å². The molecule has 0 saturated carbocycles. The van der Waals surface area contributed by atoms with Crippen molar-refractivity contribution < 1.29 is 9.90 Å². The Balaban J connectivity index is 1.86. The molecule has 1 aromatic carbocycles. The first-order valence-corrected chi connectivity index (χ1v) is 7.35. The Morgan fingerprint density at radius 3 is 2.55 bits per heavy atom. The number of hydrogen-bond donors (Lipinski definition) is 1. The van der Waals surface area contributed by atoms with Gasteiger partial charge in [0.15, 0.2) is 0 Å². The van der Waals surface area contributed by atoms with Gasteiger partial charge in [0.25, 0.3) is 0 Å². The van der Waals surface area contributed by atoms with E-state index in [9.17, 15) is 9.90 Å². The maximum Gasteiger partial charge on any atom is 0.320 e. The zero-order valence-electron chi connectivity index (χ0n) is 12.4. The fourth-order valence-corrected chi connectivity index (χ4v) is 2.89. The number of piperazine rings is 1. The Morgan fingerprint density at radius 1 is 1.30 bits per heavy atom. The van der Waals surface area contributed by atoms with E-state index in [1.807, 2.05) is 6.92 Å². The number of aryl methyl sites for hydroxylation is 1. The van der Waals surface area contributed by atoms with E-state index < -0.39 is 5.97 Å². The second kappa shape index (κ2) is 6.86. The second-order valence-corrected chi connectivity index (χ2v) is 5.56. The molecule has 1 fully saturated rings. The highest BCUT2D eigenvalue weighted by atomic mass is 16.4. The minimum absolute atomic E-state index is 0.323. The quantitative estimate of drug-likeness (QED) is 0.893. The molecule has 1 unspecified atom stereocenters. The van der Waals surface area contributed by atoms with Crippen LogP contribution < -0.4 is 0 Å². The van der Waals surface area contributed by atoms with Crippen LogP contribution in [0.1, 0.15) is 24.5 Å². The summed E-state index contributed by atoms with van der Waals surface area (Å²) in [6, 6.07) is 8.26. The molecule has 1 heterocycles. The van der Waals surface area contributed by atoms with Gasteiger partial charge in [0.1, 0.15) is 6.04 Å². The van der Waals surface area contributed by atoms with E-state index >= 15 is 0 Å². The van der Waals surface area contributed by atoms with Crippen molar-refractivity contribution in [2.75, 3.05) is 26.2 Å². The maximum absolute atomic E-state index is 11.2. The summed E-state index contributed by atoms with van der Waals surface area (Å²) in [4.78, 5) is 15.7. The van der Waals surface area contributed by atoms with E-state index in [2.05, 4.69) is 41.0 Å². The van der Waals surface area contributed by atoms with Crippen molar-refractivity contribution in [3.05, 3.63) is 35.4 Å². The Labute approximate surface area is 121 Å². The summed E-state index contributed by atoms with van der Waals surface area (Å²) in [6.07, 6.45) is 0.674. The number of carbonyl (C=O) groups is 1. The molecule has 1 aromatic rings. The first kappa shape index (κ1) is 15.0. The number of nitrogens with zero attached hydrogens (tertiary/aromatic N) is 2. The topological polar surface area (TPSA) is 43.8 Å². The molecule has 1 N–H and O–H groups in total. The molecular formula is C16H24N2O2. The molecular weight excluding hydrogens is 252 g/mol. The Bertz CT molecular complexity index is 454. The number of aliphatic carboxylic acids is 1. The fraction of sp³-hybridized carbons (Fsp3) is 0.562. The van der Waals surface area contributed by atoms with E-state index in [0.29, 0.717) is 6.42 Å². The number of carboxylic acids is 1. The van der Waals surface area contributed by atoms with Crippen LogP contribution in [0, 0.1) is 6.92 Å². The van der Waals surface area contributed by atoms with Crippen LogP contribution in [0.5, 0.6) is 0 Å². The summed E-state index contributed by atoms with van der Waals surface area (Å²) in [5, 5.41) is 9.20. The summed E-state index contributed by atoms with van der Waals surface area (Å²) in [7, 11) is 0. The van der Waals surface area contributed by atoms with Crippen molar-refractivity contribution in [1.29, 1.82) is 0 Å². The zero-order valence-corrected chi connectivity index (χ0v) is 12.4. The highest BCUT2D eigenvalue weighted by Crippen LogP contribution is 2.13. The third-order valence-corrected chi connectivity index (χ3v) is 4.01. The Morgan fingerprint density at radius 2 is 2.00 bits per heavy atom. The highest BCUT2D eigenvalue weighted by molar-refractivity contribution is 5.73. The first-order chi connectivity index (χ1) is 9.60. The van der Waals surface area contributed by atoms with Gasteiger partial charge in [-0.2, -0.15) is 0 Å². The van der Waals surface area contributed by atoms with Gasteiger partial charge >= 0.3 is 5.97 Å². The van der Waals surface area contributed by atoms with Crippen molar-refractivity contribution in [2.24, 2.45) is 0 Å². The average Bonchev–Trinajstić information content (AvgIpc) is 2.41. The second-order valence-electron chi connectivity index (χ2n) is 5.56. The van der Waals surface area contributed by atoms with E-state index in [1.165, 1.54) is 11.1 Å². The predicted octanol–water partition coefficient (Wildman–Crippen LogP) is 1.98. The SMILES string of the molecule is CCC(C(=O)O)N1CCN(Cc2cccc(C)c2)CC1. The van der Waals surface area contributed by atoms with Crippen molar-refractivity contribution in [3.8, 4) is 0 Å². The normalized spacial score (nSPS) is 18.9. The Kier molecular flexibility index (Phi) is 5.15. The Hall–Kier alpha value is -1.39. The molecule has 2 rings (SSSR count). The summed E-state index contributed by atoms with van der Waals surface area (Å²) in [6.45, 7) is 8.58. The molecule has 20 heavy (non-hydrogen) atoms. The molecule has 4 nitrogen and oxygen atoms in total. The van der Waals surface area contributed by atoms with Gasteiger partial charge in [0.05, 0.1) is 0 Å². The lowest BCUT2D eigenvalue weighted by atomic mass is 10.1. The van der Waals surface area contributed by atoms with Crippen molar-refractivity contribution in [1.82, 2.24) is 9.80 Å². The molecule has 110 valence electrons. The number of rotatable bonds is 5. The number of benzene rings is 1. The minimum Gasteiger partial charge on any atom is -0.480 e. The van der Waals surface area contributed by atoms with E-state index in [1.54, 1.807) is 0 Å². The average molecular weight is 276 g/mol. The fourth-order valence-electron chi connectivity index (χ4n) is 2.89. The van der Waals surface area contributed by atoms with Crippen molar-refractivity contribution in [3.63, 3.8) is 0 Å². The van der Waals surface area contributed by atoms with E-state index in [0.717, 1.165) is 32.7 Å². The van der Waals surface area contributed by atoms with Gasteiger partial charge in [-0.15, -0.1) is 0 Å². The third-order valence-electron chi connectivity index (χ3n) is 4.01. The summed E-state index contributed by atoms with van der Waals surface area (Å²) < 4.78 is 0. The molecule has 1 saturated heterocycles. The van der Waals surface area contributed by atoms with Gasteiger partial charge in [-0.05, 0) is 18.9 Å². The standard InChI is InChI=1S/C16H24N2O2/c1-3-15(16(19)20)18-9-7-17(8-10-18)12-14-6-4-5-13(2)11-14/h4-6,11,15H,3,7-10,12H2,1-2H3,(H,19,20). The van der Waals surface area contributed by atoms with Crippen LogP contribution in [0.3, 0.4) is 0 Å². The summed E-state index contributed by atoms with van der Waals surface area (Å²) in [5.41, 5.74) is 2.63. The summed E-state index contributed by atoms with van der Waals surface area (Å²) >= 11 is 0. The lowest BCUT2D eigenvalue weighted by Gasteiger charge is -2.37. The van der Waals surface area contributed by atoms with Crippen LogP contribution in [0.4, 0.5) is 0 Å².